The largest absolute Gasteiger partial charge is 0.477 e. The van der Waals surface area contributed by atoms with Crippen LogP contribution in [0.2, 0.25) is 0 Å². The van der Waals surface area contributed by atoms with Crippen LogP contribution in [0.25, 0.3) is 0 Å². The molecule has 0 spiro atoms. The van der Waals surface area contributed by atoms with Gasteiger partial charge >= 0.3 is 6.18 Å². The minimum Gasteiger partial charge on any atom is -0.477 e. The second-order valence-electron chi connectivity index (χ2n) is 4.58. The molecular formula is C13H15F3N2O3. The molecular weight excluding hydrogens is 289 g/mol. The molecule has 0 bridgehead atoms. The number of hydrogen-bond acceptors (Lipinski definition) is 4. The summed E-state index contributed by atoms with van der Waals surface area (Å²) in [6.45, 7) is -2.26. The number of carbonyl (C=O) groups is 1. The minimum absolute atomic E-state index is 0.0790. The van der Waals surface area contributed by atoms with Gasteiger partial charge in [0.05, 0.1) is 18.8 Å². The van der Waals surface area contributed by atoms with E-state index in [2.05, 4.69) is 5.32 Å². The SMILES string of the molecule is O=C(C1CNc2ccccc2O1)N(CCO)CC(F)(F)F. The molecule has 2 N–H and O–H groups in total. The van der Waals surface area contributed by atoms with E-state index >= 15 is 0 Å². The van der Waals surface area contributed by atoms with Crippen LogP contribution in [-0.4, -0.2) is 54.4 Å². The standard InChI is InChI=1S/C13H15F3N2O3/c14-13(15,16)8-18(5-6-19)12(20)11-7-17-9-3-1-2-4-10(9)21-11/h1-4,11,17,19H,5-8H2. The van der Waals surface area contributed by atoms with E-state index in [-0.39, 0.29) is 13.1 Å². The Morgan fingerprint density at radius 3 is 2.81 bits per heavy atom. The average Bonchev–Trinajstić information content (AvgIpc) is 2.44. The molecule has 2 rings (SSSR count). The zero-order valence-electron chi connectivity index (χ0n) is 11.1. The van der Waals surface area contributed by atoms with Gasteiger partial charge in [0.1, 0.15) is 12.3 Å². The van der Waals surface area contributed by atoms with Crippen LogP contribution in [0.3, 0.4) is 0 Å². The summed E-state index contributed by atoms with van der Waals surface area (Å²) in [7, 11) is 0. The highest BCUT2D eigenvalue weighted by molar-refractivity contribution is 5.83. The summed E-state index contributed by atoms with van der Waals surface area (Å²) in [4.78, 5) is 12.7. The van der Waals surface area contributed by atoms with Gasteiger partial charge in [-0.05, 0) is 12.1 Å². The van der Waals surface area contributed by atoms with Gasteiger partial charge in [0.15, 0.2) is 6.10 Å². The van der Waals surface area contributed by atoms with E-state index in [9.17, 15) is 18.0 Å². The summed E-state index contributed by atoms with van der Waals surface area (Å²) in [6, 6.07) is 6.85. The van der Waals surface area contributed by atoms with Crippen molar-refractivity contribution in [1.82, 2.24) is 4.90 Å². The second-order valence-corrected chi connectivity index (χ2v) is 4.58. The molecule has 5 nitrogen and oxygen atoms in total. The molecule has 0 aromatic heterocycles. The molecule has 116 valence electrons. The van der Waals surface area contributed by atoms with Gasteiger partial charge < -0.3 is 20.1 Å². The smallest absolute Gasteiger partial charge is 0.406 e. The van der Waals surface area contributed by atoms with Crippen LogP contribution in [0, 0.1) is 0 Å². The first-order valence-electron chi connectivity index (χ1n) is 6.36. The molecule has 0 saturated carbocycles. The highest BCUT2D eigenvalue weighted by Gasteiger charge is 2.37. The van der Waals surface area contributed by atoms with Gasteiger partial charge in [0, 0.05) is 6.54 Å². The number of alkyl halides is 3. The number of amides is 1. The topological polar surface area (TPSA) is 61.8 Å². The Bertz CT molecular complexity index is 508. The van der Waals surface area contributed by atoms with Crippen LogP contribution >= 0.6 is 0 Å². The molecule has 1 aliphatic rings. The van der Waals surface area contributed by atoms with Gasteiger partial charge in [-0.1, -0.05) is 12.1 Å². The quantitative estimate of drug-likeness (QED) is 0.879. The van der Waals surface area contributed by atoms with E-state index in [1.54, 1.807) is 24.3 Å². The number of aliphatic hydroxyl groups is 1. The van der Waals surface area contributed by atoms with Crippen molar-refractivity contribution >= 4 is 11.6 Å². The molecule has 8 heteroatoms. The number of nitrogens with one attached hydrogen (secondary N) is 1. The van der Waals surface area contributed by atoms with Crippen LogP contribution in [0.15, 0.2) is 24.3 Å². The minimum atomic E-state index is -4.52. The fraction of sp³-hybridized carbons (Fsp3) is 0.462. The van der Waals surface area contributed by atoms with E-state index in [1.165, 1.54) is 0 Å². The van der Waals surface area contributed by atoms with Crippen molar-refractivity contribution < 1.29 is 27.8 Å². The molecule has 1 aromatic carbocycles. The van der Waals surface area contributed by atoms with E-state index in [0.29, 0.717) is 16.3 Å². The van der Waals surface area contributed by atoms with Crippen LogP contribution < -0.4 is 10.1 Å². The molecule has 0 aliphatic carbocycles. The average molecular weight is 304 g/mol. The van der Waals surface area contributed by atoms with Crippen LogP contribution in [-0.2, 0) is 4.79 Å². The third-order valence-corrected chi connectivity index (χ3v) is 2.96. The Balaban J connectivity index is 2.08. The molecule has 1 amide bonds. The monoisotopic (exact) mass is 304 g/mol. The Labute approximate surface area is 119 Å². The van der Waals surface area contributed by atoms with Gasteiger partial charge in [0.2, 0.25) is 0 Å². The van der Waals surface area contributed by atoms with E-state index in [1.807, 2.05) is 0 Å². The summed E-state index contributed by atoms with van der Waals surface area (Å²) in [5.41, 5.74) is 0.686. The van der Waals surface area contributed by atoms with Crippen molar-refractivity contribution in [3.05, 3.63) is 24.3 Å². The van der Waals surface area contributed by atoms with Crippen molar-refractivity contribution in [2.24, 2.45) is 0 Å². The number of nitrogens with zero attached hydrogens (tertiary/aromatic N) is 1. The highest BCUT2D eigenvalue weighted by Crippen LogP contribution is 2.29. The van der Waals surface area contributed by atoms with Crippen molar-refractivity contribution in [2.45, 2.75) is 12.3 Å². The summed E-state index contributed by atoms with van der Waals surface area (Å²) < 4.78 is 42.8. The Kier molecular flexibility index (Phi) is 4.56. The zero-order valence-corrected chi connectivity index (χ0v) is 11.1. The van der Waals surface area contributed by atoms with Gasteiger partial charge in [-0.3, -0.25) is 4.79 Å². The predicted molar refractivity (Wildman–Crippen MR) is 69.1 cm³/mol. The molecule has 1 aromatic rings. The lowest BCUT2D eigenvalue weighted by Crippen LogP contribution is -2.50. The van der Waals surface area contributed by atoms with Gasteiger partial charge in [-0.2, -0.15) is 13.2 Å². The predicted octanol–water partition coefficient (Wildman–Crippen LogP) is 1.24. The number of carbonyl (C=O) groups excluding carboxylic acids is 1. The number of anilines is 1. The lowest BCUT2D eigenvalue weighted by Gasteiger charge is -2.31. The summed E-state index contributed by atoms with van der Waals surface area (Å²) in [5.74, 6) is -0.388. The first-order chi connectivity index (χ1) is 9.90. The Morgan fingerprint density at radius 2 is 2.14 bits per heavy atom. The maximum Gasteiger partial charge on any atom is 0.406 e. The number of ether oxygens (including phenoxy) is 1. The summed E-state index contributed by atoms with van der Waals surface area (Å²) >= 11 is 0. The normalized spacial score (nSPS) is 17.4. The third-order valence-electron chi connectivity index (χ3n) is 2.96. The summed E-state index contributed by atoms with van der Waals surface area (Å²) in [6.07, 6.45) is -5.57. The Hall–Kier alpha value is -1.96. The Morgan fingerprint density at radius 1 is 1.43 bits per heavy atom. The maximum atomic E-state index is 12.5. The number of aliphatic hydroxyl groups excluding tert-OH is 1. The van der Waals surface area contributed by atoms with Crippen molar-refractivity contribution in [3.63, 3.8) is 0 Å². The first kappa shape index (κ1) is 15.4. The second kappa shape index (κ2) is 6.21. The molecule has 0 radical (unpaired) electrons. The maximum absolute atomic E-state index is 12.5. The molecule has 1 heterocycles. The van der Waals surface area contributed by atoms with Gasteiger partial charge in [-0.25, -0.2) is 0 Å². The third kappa shape index (κ3) is 4.01. The van der Waals surface area contributed by atoms with Crippen molar-refractivity contribution in [3.8, 4) is 5.75 Å². The first-order valence-corrected chi connectivity index (χ1v) is 6.36. The van der Waals surface area contributed by atoms with E-state index < -0.39 is 31.3 Å². The molecule has 21 heavy (non-hydrogen) atoms. The molecule has 1 unspecified atom stereocenters. The fourth-order valence-electron chi connectivity index (χ4n) is 2.06. The lowest BCUT2D eigenvalue weighted by atomic mass is 10.2. The zero-order chi connectivity index (χ0) is 15.5. The number of fused-ring (bicyclic) bond motifs is 1. The highest BCUT2D eigenvalue weighted by atomic mass is 19.4. The fourth-order valence-corrected chi connectivity index (χ4v) is 2.06. The number of rotatable bonds is 4. The molecule has 1 atom stereocenters. The van der Waals surface area contributed by atoms with Crippen molar-refractivity contribution in [2.75, 3.05) is 31.6 Å². The van der Waals surface area contributed by atoms with Crippen LogP contribution in [0.5, 0.6) is 5.75 Å². The molecule has 0 fully saturated rings. The van der Waals surface area contributed by atoms with Crippen LogP contribution in [0.1, 0.15) is 0 Å². The number of benzene rings is 1. The van der Waals surface area contributed by atoms with E-state index in [4.69, 9.17) is 9.84 Å². The summed E-state index contributed by atoms with van der Waals surface area (Å²) in [5, 5.41) is 11.8. The number of para-hydroxylation sites is 2. The lowest BCUT2D eigenvalue weighted by molar-refractivity contribution is -0.166. The van der Waals surface area contributed by atoms with Crippen molar-refractivity contribution in [1.29, 1.82) is 0 Å². The van der Waals surface area contributed by atoms with Crippen LogP contribution in [0.4, 0.5) is 18.9 Å². The number of halogens is 3. The molecule has 0 saturated heterocycles. The van der Waals surface area contributed by atoms with Gasteiger partial charge in [-0.15, -0.1) is 0 Å². The molecule has 1 aliphatic heterocycles. The number of hydrogen-bond donors (Lipinski definition) is 2. The van der Waals surface area contributed by atoms with Gasteiger partial charge in [0.25, 0.3) is 5.91 Å². The van der Waals surface area contributed by atoms with E-state index in [0.717, 1.165) is 0 Å².